The minimum Gasteiger partial charge on any atom is -0.497 e. The Hall–Kier alpha value is -2.44. The molecular weight excluding hydrogens is 495 g/mol. The monoisotopic (exact) mass is 526 g/mol. The summed E-state index contributed by atoms with van der Waals surface area (Å²) in [5.41, 5.74) is -0.846. The number of sulfone groups is 1. The Morgan fingerprint density at radius 2 is 1.80 bits per heavy atom. The zero-order valence-electron chi connectivity index (χ0n) is 19.8. The summed E-state index contributed by atoms with van der Waals surface area (Å²) in [6.45, 7) is 1.43. The normalized spacial score (nSPS) is 18.2. The van der Waals surface area contributed by atoms with Crippen molar-refractivity contribution in [1.82, 2.24) is 9.62 Å². The van der Waals surface area contributed by atoms with Crippen LogP contribution in [-0.4, -0.2) is 65.9 Å². The van der Waals surface area contributed by atoms with Gasteiger partial charge in [-0.3, -0.25) is 13.9 Å². The number of rotatable bonds is 8. The van der Waals surface area contributed by atoms with Gasteiger partial charge in [0.2, 0.25) is 0 Å². The van der Waals surface area contributed by atoms with Gasteiger partial charge >= 0.3 is 0 Å². The maximum atomic E-state index is 15.5. The molecule has 0 spiro atoms. The topological polar surface area (TPSA) is 116 Å². The van der Waals surface area contributed by atoms with Crippen LogP contribution in [-0.2, 0) is 14.6 Å². The standard InChI is InChI=1S/C24H31FN2O6S2/c1-18(11-16-34(3,29)30)26-23(28)24(25)12-14-27(15-13-24)35(31,32)22-10-9-20(33-2)17-21(22)19-7-5-4-6-8-19/h4-11,16-18,31-32H,12-15H2,1-3H3,(H,26,28)/b16-11-/t18-/m0/s1. The van der Waals surface area contributed by atoms with Crippen molar-refractivity contribution in [1.29, 1.82) is 0 Å². The molecule has 11 heteroatoms. The highest BCUT2D eigenvalue weighted by molar-refractivity contribution is 8.22. The summed E-state index contributed by atoms with van der Waals surface area (Å²) >= 11 is 0. The Morgan fingerprint density at radius 3 is 2.37 bits per heavy atom. The van der Waals surface area contributed by atoms with E-state index >= 15 is 4.39 Å². The Morgan fingerprint density at radius 1 is 1.17 bits per heavy atom. The number of amides is 1. The van der Waals surface area contributed by atoms with E-state index in [0.717, 1.165) is 17.2 Å². The van der Waals surface area contributed by atoms with Gasteiger partial charge in [0.15, 0.2) is 15.5 Å². The molecule has 192 valence electrons. The average molecular weight is 527 g/mol. The fourth-order valence-corrected chi connectivity index (χ4v) is 6.04. The second kappa shape index (κ2) is 10.7. The van der Waals surface area contributed by atoms with Gasteiger partial charge in [-0.05, 0) is 30.7 Å². The second-order valence-electron chi connectivity index (χ2n) is 8.56. The predicted octanol–water partition coefficient (Wildman–Crippen LogP) is 4.25. The van der Waals surface area contributed by atoms with Crippen molar-refractivity contribution in [3.8, 4) is 16.9 Å². The summed E-state index contributed by atoms with van der Waals surface area (Å²) in [7, 11) is -5.33. The molecule has 0 saturated carbocycles. The minimum atomic E-state index is -3.49. The average Bonchev–Trinajstić information content (AvgIpc) is 2.82. The molecule has 2 aromatic carbocycles. The molecule has 1 heterocycles. The Balaban J connectivity index is 1.77. The molecule has 0 radical (unpaired) electrons. The first-order chi connectivity index (χ1) is 16.4. The summed E-state index contributed by atoms with van der Waals surface area (Å²) < 4.78 is 67.2. The van der Waals surface area contributed by atoms with Crippen molar-refractivity contribution in [2.75, 3.05) is 26.5 Å². The number of carbonyl (C=O) groups excluding carboxylic acids is 1. The molecule has 8 nitrogen and oxygen atoms in total. The molecular formula is C24H31FN2O6S2. The fourth-order valence-electron chi connectivity index (χ4n) is 3.82. The van der Waals surface area contributed by atoms with Gasteiger partial charge in [-0.25, -0.2) is 17.1 Å². The van der Waals surface area contributed by atoms with Gasteiger partial charge in [0.25, 0.3) is 5.91 Å². The first kappa shape index (κ1) is 27.2. The summed E-state index contributed by atoms with van der Waals surface area (Å²) in [6.07, 6.45) is 1.81. The van der Waals surface area contributed by atoms with E-state index in [4.69, 9.17) is 4.74 Å². The number of methoxy groups -OCH3 is 1. The van der Waals surface area contributed by atoms with Gasteiger partial charge < -0.3 is 10.1 Å². The summed E-state index contributed by atoms with van der Waals surface area (Å²) in [5, 5.41) is 3.43. The van der Waals surface area contributed by atoms with Gasteiger partial charge in [-0.1, -0.05) is 36.4 Å². The quantitative estimate of drug-likeness (QED) is 0.471. The number of ether oxygens (including phenoxy) is 1. The largest absolute Gasteiger partial charge is 0.497 e. The smallest absolute Gasteiger partial charge is 0.258 e. The van der Waals surface area contributed by atoms with Crippen molar-refractivity contribution < 1.29 is 31.4 Å². The maximum absolute atomic E-state index is 15.5. The molecule has 1 fully saturated rings. The molecule has 35 heavy (non-hydrogen) atoms. The Kier molecular flexibility index (Phi) is 8.28. The maximum Gasteiger partial charge on any atom is 0.258 e. The third kappa shape index (κ3) is 6.62. The number of hydrogen-bond donors (Lipinski definition) is 3. The van der Waals surface area contributed by atoms with E-state index in [9.17, 15) is 22.3 Å². The van der Waals surface area contributed by atoms with Gasteiger partial charge in [0.05, 0.1) is 12.0 Å². The van der Waals surface area contributed by atoms with Crippen LogP contribution in [0.3, 0.4) is 0 Å². The molecule has 2 aromatic rings. The molecule has 0 unspecified atom stereocenters. The predicted molar refractivity (Wildman–Crippen MR) is 136 cm³/mol. The molecule has 0 bridgehead atoms. The molecule has 0 aromatic heterocycles. The van der Waals surface area contributed by atoms with E-state index in [1.165, 1.54) is 17.5 Å². The summed E-state index contributed by atoms with van der Waals surface area (Å²) in [5.74, 6) is -0.298. The summed E-state index contributed by atoms with van der Waals surface area (Å²) in [4.78, 5) is 12.9. The molecule has 3 N–H and O–H groups in total. The lowest BCUT2D eigenvalue weighted by Gasteiger charge is -2.47. The molecule has 1 atom stereocenters. The zero-order chi connectivity index (χ0) is 25.9. The highest BCUT2D eigenvalue weighted by Crippen LogP contribution is 2.57. The third-order valence-corrected chi connectivity index (χ3v) is 8.50. The van der Waals surface area contributed by atoms with Gasteiger partial charge in [0.1, 0.15) is 5.75 Å². The van der Waals surface area contributed by atoms with Gasteiger partial charge in [-0.2, -0.15) is 0 Å². The van der Waals surface area contributed by atoms with Crippen LogP contribution < -0.4 is 10.1 Å². The number of nitrogens with one attached hydrogen (secondary N) is 1. The van der Waals surface area contributed by atoms with E-state index < -0.39 is 38.2 Å². The van der Waals surface area contributed by atoms with E-state index in [1.54, 1.807) is 25.1 Å². The number of halogens is 1. The van der Waals surface area contributed by atoms with Crippen LogP contribution in [0, 0.1) is 0 Å². The number of hydrogen-bond acceptors (Lipinski definition) is 7. The van der Waals surface area contributed by atoms with Crippen LogP contribution in [0.5, 0.6) is 5.75 Å². The zero-order valence-corrected chi connectivity index (χ0v) is 21.5. The van der Waals surface area contributed by atoms with E-state index in [0.29, 0.717) is 16.2 Å². The fraction of sp³-hybridized carbons (Fsp3) is 0.375. The van der Waals surface area contributed by atoms with Crippen molar-refractivity contribution in [3.63, 3.8) is 0 Å². The van der Waals surface area contributed by atoms with Gasteiger partial charge in [-0.15, -0.1) is 10.8 Å². The molecule has 1 saturated heterocycles. The number of nitrogens with zero attached hydrogens (tertiary/aromatic N) is 1. The first-order valence-corrected chi connectivity index (χ1v) is 14.5. The van der Waals surface area contributed by atoms with Crippen LogP contribution >= 0.6 is 10.8 Å². The second-order valence-corrected chi connectivity index (χ2v) is 12.5. The molecule has 0 aliphatic carbocycles. The van der Waals surface area contributed by atoms with Crippen LogP contribution in [0.25, 0.3) is 11.1 Å². The highest BCUT2D eigenvalue weighted by atomic mass is 32.3. The Bertz CT molecular complexity index is 1180. The third-order valence-electron chi connectivity index (χ3n) is 5.82. The van der Waals surface area contributed by atoms with Crippen LogP contribution in [0.1, 0.15) is 19.8 Å². The van der Waals surface area contributed by atoms with Crippen LogP contribution in [0.15, 0.2) is 64.9 Å². The van der Waals surface area contributed by atoms with E-state index in [-0.39, 0.29) is 25.9 Å². The number of carbonyl (C=O) groups is 1. The SMILES string of the molecule is COc1ccc(S(O)(O)N2CCC(F)(C(=O)N[C@@H](C)/C=C\S(C)(=O)=O)CC2)c(-c2ccccc2)c1. The lowest BCUT2D eigenvalue weighted by Crippen LogP contribution is -2.52. The van der Waals surface area contributed by atoms with Crippen molar-refractivity contribution >= 4 is 26.5 Å². The Labute approximate surface area is 207 Å². The highest BCUT2D eigenvalue weighted by Gasteiger charge is 2.45. The molecule has 1 amide bonds. The number of benzene rings is 2. The number of alkyl halides is 1. The van der Waals surface area contributed by atoms with Crippen LogP contribution in [0.4, 0.5) is 4.39 Å². The minimum absolute atomic E-state index is 0.0555. The van der Waals surface area contributed by atoms with Crippen LogP contribution in [0.2, 0.25) is 0 Å². The van der Waals surface area contributed by atoms with Crippen molar-refractivity contribution in [2.24, 2.45) is 0 Å². The van der Waals surface area contributed by atoms with Gasteiger partial charge in [0, 0.05) is 49.2 Å². The summed E-state index contributed by atoms with van der Waals surface area (Å²) in [6, 6.07) is 13.5. The first-order valence-electron chi connectivity index (χ1n) is 11.0. The molecule has 3 rings (SSSR count). The van der Waals surface area contributed by atoms with Crippen molar-refractivity contribution in [2.45, 2.75) is 36.4 Å². The molecule has 1 aliphatic rings. The lowest BCUT2D eigenvalue weighted by molar-refractivity contribution is -0.135. The van der Waals surface area contributed by atoms with E-state index in [1.807, 2.05) is 30.3 Å². The number of piperidine rings is 1. The van der Waals surface area contributed by atoms with E-state index in [2.05, 4.69) is 5.32 Å². The van der Waals surface area contributed by atoms with Crippen molar-refractivity contribution in [3.05, 3.63) is 60.0 Å². The lowest BCUT2D eigenvalue weighted by atomic mass is 9.93. The molecule has 1 aliphatic heterocycles.